The van der Waals surface area contributed by atoms with Crippen molar-refractivity contribution in [3.63, 3.8) is 0 Å². The van der Waals surface area contributed by atoms with Crippen LogP contribution in [0.5, 0.6) is 5.75 Å². The van der Waals surface area contributed by atoms with E-state index in [-0.39, 0.29) is 0 Å². The minimum atomic E-state index is 0.882. The van der Waals surface area contributed by atoms with Crippen LogP contribution in [0, 0.1) is 6.92 Å². The maximum absolute atomic E-state index is 5.23. The molecule has 3 rings (SSSR count). The second-order valence-corrected chi connectivity index (χ2v) is 5.18. The highest BCUT2D eigenvalue weighted by Gasteiger charge is 2.12. The van der Waals surface area contributed by atoms with Crippen LogP contribution in [0.3, 0.4) is 0 Å². The number of hydrogen-bond donors (Lipinski definition) is 0. The summed E-state index contributed by atoms with van der Waals surface area (Å²) >= 11 is 0. The maximum atomic E-state index is 5.23. The molecule has 1 aromatic heterocycles. The van der Waals surface area contributed by atoms with Gasteiger partial charge in [-0.3, -0.25) is 0 Å². The van der Waals surface area contributed by atoms with E-state index in [2.05, 4.69) is 61.0 Å². The molecule has 0 saturated heterocycles. The van der Waals surface area contributed by atoms with Crippen molar-refractivity contribution in [3.8, 4) is 28.1 Å². The normalized spacial score (nSPS) is 10.6. The number of benzene rings is 2. The Morgan fingerprint density at radius 1 is 0.857 bits per heavy atom. The molecule has 0 radical (unpaired) electrons. The summed E-state index contributed by atoms with van der Waals surface area (Å²) in [5, 5.41) is 0. The summed E-state index contributed by atoms with van der Waals surface area (Å²) in [4.78, 5) is 0. The van der Waals surface area contributed by atoms with E-state index in [4.69, 9.17) is 4.74 Å². The first-order valence-electron chi connectivity index (χ1n) is 7.07. The number of aromatic nitrogens is 1. The second-order valence-electron chi connectivity index (χ2n) is 5.18. The number of rotatable bonds is 3. The van der Waals surface area contributed by atoms with Gasteiger partial charge < -0.3 is 9.30 Å². The van der Waals surface area contributed by atoms with Crippen LogP contribution in [0.2, 0.25) is 0 Å². The first-order chi connectivity index (χ1) is 10.2. The van der Waals surface area contributed by atoms with Crippen LogP contribution in [0.15, 0.2) is 60.7 Å². The van der Waals surface area contributed by atoms with Crippen molar-refractivity contribution in [1.29, 1.82) is 0 Å². The molecule has 1 heterocycles. The van der Waals surface area contributed by atoms with E-state index in [1.165, 1.54) is 28.1 Å². The van der Waals surface area contributed by atoms with Gasteiger partial charge in [-0.2, -0.15) is 0 Å². The molecule has 3 aromatic rings. The summed E-state index contributed by atoms with van der Waals surface area (Å²) in [6.45, 7) is 2.16. The van der Waals surface area contributed by atoms with Gasteiger partial charge in [0.15, 0.2) is 0 Å². The van der Waals surface area contributed by atoms with Gasteiger partial charge in [0.05, 0.1) is 7.11 Å². The lowest BCUT2D eigenvalue weighted by Gasteiger charge is -2.06. The van der Waals surface area contributed by atoms with Crippen LogP contribution in [0.4, 0.5) is 0 Å². The molecule has 0 amide bonds. The number of nitrogens with zero attached hydrogens (tertiary/aromatic N) is 1. The molecule has 2 nitrogen and oxygen atoms in total. The van der Waals surface area contributed by atoms with E-state index in [0.717, 1.165) is 5.75 Å². The van der Waals surface area contributed by atoms with E-state index in [0.29, 0.717) is 0 Å². The molecule has 0 unspecified atom stereocenters. The van der Waals surface area contributed by atoms with Crippen molar-refractivity contribution in [2.24, 2.45) is 7.05 Å². The standard InChI is InChI=1S/C19H19NO/c1-14-18(15-7-5-4-6-8-15)13-19(20(14)2)16-9-11-17(21-3)12-10-16/h4-13H,1-3H3. The molecule has 2 aromatic carbocycles. The zero-order valence-corrected chi connectivity index (χ0v) is 12.6. The predicted octanol–water partition coefficient (Wildman–Crippen LogP) is 4.68. The van der Waals surface area contributed by atoms with Gasteiger partial charge in [-0.15, -0.1) is 0 Å². The third-order valence-electron chi connectivity index (χ3n) is 4.01. The van der Waals surface area contributed by atoms with Crippen LogP contribution in [0.25, 0.3) is 22.4 Å². The molecular formula is C19H19NO. The molecule has 0 aliphatic carbocycles. The summed E-state index contributed by atoms with van der Waals surface area (Å²) in [5.74, 6) is 0.882. The Balaban J connectivity index is 2.08. The molecule has 0 aliphatic heterocycles. The van der Waals surface area contributed by atoms with Gasteiger partial charge in [-0.1, -0.05) is 30.3 Å². The average Bonchev–Trinajstić information content (AvgIpc) is 2.84. The molecule has 0 N–H and O–H groups in total. The molecular weight excluding hydrogens is 258 g/mol. The smallest absolute Gasteiger partial charge is 0.118 e. The molecule has 0 atom stereocenters. The molecule has 0 bridgehead atoms. The van der Waals surface area contributed by atoms with Gasteiger partial charge in [-0.25, -0.2) is 0 Å². The first kappa shape index (κ1) is 13.5. The fraction of sp³-hybridized carbons (Fsp3) is 0.158. The highest BCUT2D eigenvalue weighted by atomic mass is 16.5. The molecule has 0 fully saturated rings. The van der Waals surface area contributed by atoms with Crippen molar-refractivity contribution >= 4 is 0 Å². The minimum Gasteiger partial charge on any atom is -0.497 e. The Kier molecular flexibility index (Phi) is 3.53. The molecule has 2 heteroatoms. The Morgan fingerprint density at radius 2 is 1.52 bits per heavy atom. The van der Waals surface area contributed by atoms with E-state index >= 15 is 0 Å². The van der Waals surface area contributed by atoms with Crippen molar-refractivity contribution in [1.82, 2.24) is 4.57 Å². The van der Waals surface area contributed by atoms with Crippen molar-refractivity contribution < 1.29 is 4.74 Å². The third-order valence-corrected chi connectivity index (χ3v) is 4.01. The van der Waals surface area contributed by atoms with Crippen LogP contribution < -0.4 is 4.74 Å². The zero-order chi connectivity index (χ0) is 14.8. The lowest BCUT2D eigenvalue weighted by molar-refractivity contribution is 0.415. The van der Waals surface area contributed by atoms with E-state index in [1.807, 2.05) is 18.2 Å². The Bertz CT molecular complexity index is 739. The lowest BCUT2D eigenvalue weighted by atomic mass is 10.1. The summed E-state index contributed by atoms with van der Waals surface area (Å²) in [7, 11) is 3.80. The average molecular weight is 277 g/mol. The second kappa shape index (κ2) is 5.49. The topological polar surface area (TPSA) is 14.2 Å². The minimum absolute atomic E-state index is 0.882. The maximum Gasteiger partial charge on any atom is 0.118 e. The number of hydrogen-bond acceptors (Lipinski definition) is 1. The number of ether oxygens (including phenoxy) is 1. The Morgan fingerprint density at radius 3 is 2.14 bits per heavy atom. The summed E-state index contributed by atoms with van der Waals surface area (Å²) < 4.78 is 7.47. The third kappa shape index (κ3) is 2.45. The van der Waals surface area contributed by atoms with Gasteiger partial charge in [0, 0.05) is 24.0 Å². The van der Waals surface area contributed by atoms with Crippen molar-refractivity contribution in [2.75, 3.05) is 7.11 Å². The van der Waals surface area contributed by atoms with E-state index < -0.39 is 0 Å². The molecule has 0 spiro atoms. The highest BCUT2D eigenvalue weighted by Crippen LogP contribution is 2.32. The van der Waals surface area contributed by atoms with Gasteiger partial charge in [0.25, 0.3) is 0 Å². The predicted molar refractivity (Wildman–Crippen MR) is 87.6 cm³/mol. The van der Waals surface area contributed by atoms with E-state index in [9.17, 15) is 0 Å². The quantitative estimate of drug-likeness (QED) is 0.678. The Hall–Kier alpha value is -2.48. The van der Waals surface area contributed by atoms with Crippen molar-refractivity contribution in [3.05, 3.63) is 66.4 Å². The molecule has 106 valence electrons. The van der Waals surface area contributed by atoms with E-state index in [1.54, 1.807) is 7.11 Å². The van der Waals surface area contributed by atoms with Gasteiger partial charge in [0.1, 0.15) is 5.75 Å². The first-order valence-corrected chi connectivity index (χ1v) is 7.07. The van der Waals surface area contributed by atoms with Gasteiger partial charge >= 0.3 is 0 Å². The fourth-order valence-corrected chi connectivity index (χ4v) is 2.65. The largest absolute Gasteiger partial charge is 0.497 e. The van der Waals surface area contributed by atoms with Crippen LogP contribution in [0.1, 0.15) is 5.69 Å². The lowest BCUT2D eigenvalue weighted by Crippen LogP contribution is -1.94. The molecule has 0 aliphatic rings. The molecule has 0 saturated carbocycles. The summed E-state index contributed by atoms with van der Waals surface area (Å²) in [6.07, 6.45) is 0. The molecule has 21 heavy (non-hydrogen) atoms. The van der Waals surface area contributed by atoms with Crippen LogP contribution in [-0.4, -0.2) is 11.7 Å². The summed E-state index contributed by atoms with van der Waals surface area (Å²) in [5.41, 5.74) is 6.22. The summed E-state index contributed by atoms with van der Waals surface area (Å²) in [6, 6.07) is 21.0. The Labute approximate surface area is 125 Å². The highest BCUT2D eigenvalue weighted by molar-refractivity contribution is 5.75. The van der Waals surface area contributed by atoms with Gasteiger partial charge in [0.2, 0.25) is 0 Å². The van der Waals surface area contributed by atoms with Gasteiger partial charge in [-0.05, 0) is 48.4 Å². The van der Waals surface area contributed by atoms with Crippen LogP contribution >= 0.6 is 0 Å². The van der Waals surface area contributed by atoms with Crippen LogP contribution in [-0.2, 0) is 7.05 Å². The number of methoxy groups -OCH3 is 1. The monoisotopic (exact) mass is 277 g/mol. The SMILES string of the molecule is COc1ccc(-c2cc(-c3ccccc3)c(C)n2C)cc1. The zero-order valence-electron chi connectivity index (χ0n) is 12.6. The van der Waals surface area contributed by atoms with Crippen molar-refractivity contribution in [2.45, 2.75) is 6.92 Å². The fourth-order valence-electron chi connectivity index (χ4n) is 2.65.